The lowest BCUT2D eigenvalue weighted by atomic mass is 10.0. The van der Waals surface area contributed by atoms with Gasteiger partial charge in [-0.1, -0.05) is 62.4 Å². The van der Waals surface area contributed by atoms with Crippen molar-refractivity contribution < 1.29 is 29.4 Å². The van der Waals surface area contributed by atoms with Gasteiger partial charge < -0.3 is 36.9 Å². The van der Waals surface area contributed by atoms with Gasteiger partial charge in [0.05, 0.1) is 12.1 Å². The lowest BCUT2D eigenvalue weighted by Crippen LogP contribution is -2.60. The average Bonchev–Trinajstić information content (AvgIpc) is 3.32. The first-order valence-corrected chi connectivity index (χ1v) is 13.1. The van der Waals surface area contributed by atoms with Gasteiger partial charge in [0.25, 0.3) is 0 Å². The molecular formula is C29H37N5O6. The van der Waals surface area contributed by atoms with E-state index in [1.807, 2.05) is 54.6 Å². The van der Waals surface area contributed by atoms with E-state index in [-0.39, 0.29) is 12.8 Å². The molecule has 5 unspecified atom stereocenters. The summed E-state index contributed by atoms with van der Waals surface area (Å²) in [6.45, 7) is 4.56. The summed E-state index contributed by atoms with van der Waals surface area (Å²) in [4.78, 5) is 54.2. The number of aromatic nitrogens is 1. The first kappa shape index (κ1) is 30.3. The van der Waals surface area contributed by atoms with Crippen LogP contribution in [0.2, 0.25) is 0 Å². The summed E-state index contributed by atoms with van der Waals surface area (Å²) in [7, 11) is 0. The van der Waals surface area contributed by atoms with Crippen LogP contribution in [-0.2, 0) is 32.0 Å². The normalized spacial score (nSPS) is 15.1. The lowest BCUT2D eigenvalue weighted by Gasteiger charge is -2.27. The molecule has 0 saturated carbocycles. The predicted molar refractivity (Wildman–Crippen MR) is 150 cm³/mol. The number of aromatic amines is 1. The third-order valence-electron chi connectivity index (χ3n) is 6.66. The standard InChI is InChI=1S/C29H37N5O6/c1-16(2)24(29(39)40)33-28(38)25(17(3)35)34-27(37)23(14-19-15-31-22-12-8-7-11-20(19)22)32-26(36)21(30)13-18-9-5-4-6-10-18/h4-12,15-17,21,23-25,31,35H,13-14,30H2,1-3H3,(H,32,36)(H,33,38)(H,34,37)(H,39,40). The Kier molecular flexibility index (Phi) is 10.4. The van der Waals surface area contributed by atoms with E-state index < -0.39 is 59.9 Å². The van der Waals surface area contributed by atoms with Crippen LogP contribution < -0.4 is 21.7 Å². The molecule has 0 radical (unpaired) electrons. The Morgan fingerprint density at radius 2 is 1.45 bits per heavy atom. The van der Waals surface area contributed by atoms with Gasteiger partial charge in [-0.2, -0.15) is 0 Å². The van der Waals surface area contributed by atoms with Crippen LogP contribution in [0.1, 0.15) is 31.9 Å². The number of para-hydroxylation sites is 1. The summed E-state index contributed by atoms with van der Waals surface area (Å²) < 4.78 is 0. The van der Waals surface area contributed by atoms with Crippen LogP contribution in [0.3, 0.4) is 0 Å². The molecule has 3 aromatic rings. The van der Waals surface area contributed by atoms with Crippen molar-refractivity contribution in [3.05, 3.63) is 71.9 Å². The molecule has 5 atom stereocenters. The minimum absolute atomic E-state index is 0.0670. The second-order valence-corrected chi connectivity index (χ2v) is 10.2. The van der Waals surface area contributed by atoms with Crippen LogP contribution in [0, 0.1) is 5.92 Å². The summed E-state index contributed by atoms with van der Waals surface area (Å²) in [5, 5.41) is 28.2. The number of amides is 3. The summed E-state index contributed by atoms with van der Waals surface area (Å²) in [5.74, 6) is -3.83. The Labute approximate surface area is 232 Å². The molecule has 0 bridgehead atoms. The molecule has 0 aliphatic heterocycles. The second-order valence-electron chi connectivity index (χ2n) is 10.2. The smallest absolute Gasteiger partial charge is 0.326 e. The van der Waals surface area contributed by atoms with Crippen LogP contribution >= 0.6 is 0 Å². The number of fused-ring (bicyclic) bond motifs is 1. The quantitative estimate of drug-likeness (QED) is 0.164. The molecule has 0 fully saturated rings. The number of carbonyl (C=O) groups excluding carboxylic acids is 3. The number of hydrogen-bond donors (Lipinski definition) is 7. The highest BCUT2D eigenvalue weighted by Crippen LogP contribution is 2.19. The predicted octanol–water partition coefficient (Wildman–Crippen LogP) is 0.856. The number of hydrogen-bond acceptors (Lipinski definition) is 6. The van der Waals surface area contributed by atoms with Gasteiger partial charge in [-0.3, -0.25) is 14.4 Å². The van der Waals surface area contributed by atoms with Gasteiger partial charge in [-0.05, 0) is 36.5 Å². The number of carboxylic acid groups (broad SMARTS) is 1. The number of aliphatic carboxylic acids is 1. The van der Waals surface area contributed by atoms with Crippen molar-refractivity contribution in [1.82, 2.24) is 20.9 Å². The van der Waals surface area contributed by atoms with E-state index >= 15 is 0 Å². The second kappa shape index (κ2) is 13.7. The number of aliphatic hydroxyl groups is 1. The molecule has 3 rings (SSSR count). The van der Waals surface area contributed by atoms with Gasteiger partial charge in [0.15, 0.2) is 0 Å². The van der Waals surface area contributed by atoms with Crippen molar-refractivity contribution >= 4 is 34.6 Å². The molecule has 1 aromatic heterocycles. The van der Waals surface area contributed by atoms with Gasteiger partial charge >= 0.3 is 5.97 Å². The number of nitrogens with two attached hydrogens (primary N) is 1. The Balaban J connectivity index is 1.82. The van der Waals surface area contributed by atoms with Crippen molar-refractivity contribution in [2.45, 2.75) is 63.9 Å². The fourth-order valence-electron chi connectivity index (χ4n) is 4.38. The Hall–Kier alpha value is -4.22. The number of carboxylic acids is 1. The van der Waals surface area contributed by atoms with Crippen LogP contribution in [0.4, 0.5) is 0 Å². The van der Waals surface area contributed by atoms with E-state index in [0.717, 1.165) is 22.0 Å². The maximum Gasteiger partial charge on any atom is 0.326 e. The van der Waals surface area contributed by atoms with E-state index in [0.29, 0.717) is 0 Å². The van der Waals surface area contributed by atoms with Gasteiger partial charge in [0.2, 0.25) is 17.7 Å². The molecule has 0 spiro atoms. The van der Waals surface area contributed by atoms with Crippen LogP contribution in [0.15, 0.2) is 60.8 Å². The van der Waals surface area contributed by atoms with Gasteiger partial charge in [-0.25, -0.2) is 4.79 Å². The maximum atomic E-state index is 13.5. The monoisotopic (exact) mass is 551 g/mol. The Morgan fingerprint density at radius 1 is 0.825 bits per heavy atom. The fraction of sp³-hybridized carbons (Fsp3) is 0.379. The van der Waals surface area contributed by atoms with E-state index in [1.54, 1.807) is 20.0 Å². The number of aliphatic hydroxyl groups excluding tert-OH is 1. The van der Waals surface area contributed by atoms with Crippen molar-refractivity contribution in [2.75, 3.05) is 0 Å². The number of benzene rings is 2. The number of carbonyl (C=O) groups is 4. The molecule has 0 aliphatic carbocycles. The summed E-state index contributed by atoms with van der Waals surface area (Å²) in [6, 6.07) is 11.9. The van der Waals surface area contributed by atoms with Gasteiger partial charge in [0.1, 0.15) is 18.1 Å². The van der Waals surface area contributed by atoms with E-state index in [1.165, 1.54) is 6.92 Å². The summed E-state index contributed by atoms with van der Waals surface area (Å²) in [6.07, 6.45) is 0.700. The fourth-order valence-corrected chi connectivity index (χ4v) is 4.38. The van der Waals surface area contributed by atoms with Crippen molar-refractivity contribution in [3.63, 3.8) is 0 Å². The topological polar surface area (TPSA) is 187 Å². The number of H-pyrrole nitrogens is 1. The van der Waals surface area contributed by atoms with Crippen LogP contribution in [0.25, 0.3) is 10.9 Å². The molecule has 1 heterocycles. The van der Waals surface area contributed by atoms with Crippen LogP contribution in [0.5, 0.6) is 0 Å². The Bertz CT molecular complexity index is 1320. The van der Waals surface area contributed by atoms with Gasteiger partial charge in [0, 0.05) is 23.5 Å². The lowest BCUT2D eigenvalue weighted by molar-refractivity contribution is -0.144. The molecule has 8 N–H and O–H groups in total. The van der Waals surface area contributed by atoms with E-state index in [9.17, 15) is 29.4 Å². The summed E-state index contributed by atoms with van der Waals surface area (Å²) in [5.41, 5.74) is 8.61. The molecular weight excluding hydrogens is 514 g/mol. The molecule has 2 aromatic carbocycles. The molecule has 3 amide bonds. The SMILES string of the molecule is CC(C)C(NC(=O)C(NC(=O)C(Cc1c[nH]c2ccccc12)NC(=O)C(N)Cc1ccccc1)C(C)O)C(=O)O. The average molecular weight is 552 g/mol. The largest absolute Gasteiger partial charge is 0.480 e. The minimum atomic E-state index is -1.46. The molecule has 0 saturated heterocycles. The third kappa shape index (κ3) is 7.90. The highest BCUT2D eigenvalue weighted by atomic mass is 16.4. The number of rotatable bonds is 13. The third-order valence-corrected chi connectivity index (χ3v) is 6.66. The van der Waals surface area contributed by atoms with Gasteiger partial charge in [-0.15, -0.1) is 0 Å². The molecule has 11 nitrogen and oxygen atoms in total. The summed E-state index contributed by atoms with van der Waals surface area (Å²) >= 11 is 0. The number of nitrogens with one attached hydrogen (secondary N) is 4. The minimum Gasteiger partial charge on any atom is -0.480 e. The van der Waals surface area contributed by atoms with Crippen LogP contribution in [-0.4, -0.2) is 69.2 Å². The maximum absolute atomic E-state index is 13.5. The van der Waals surface area contributed by atoms with Crippen molar-refractivity contribution in [2.24, 2.45) is 11.7 Å². The van der Waals surface area contributed by atoms with E-state index in [2.05, 4.69) is 20.9 Å². The zero-order chi connectivity index (χ0) is 29.4. The molecule has 40 heavy (non-hydrogen) atoms. The first-order chi connectivity index (χ1) is 19.0. The zero-order valence-corrected chi connectivity index (χ0v) is 22.8. The molecule has 0 aliphatic rings. The zero-order valence-electron chi connectivity index (χ0n) is 22.8. The first-order valence-electron chi connectivity index (χ1n) is 13.1. The molecule has 11 heteroatoms. The van der Waals surface area contributed by atoms with Crippen molar-refractivity contribution in [3.8, 4) is 0 Å². The molecule has 214 valence electrons. The Morgan fingerprint density at radius 3 is 2.08 bits per heavy atom. The van der Waals surface area contributed by atoms with Crippen molar-refractivity contribution in [1.29, 1.82) is 0 Å². The van der Waals surface area contributed by atoms with E-state index in [4.69, 9.17) is 5.73 Å². The highest BCUT2D eigenvalue weighted by Gasteiger charge is 2.34. The highest BCUT2D eigenvalue weighted by molar-refractivity contribution is 5.95.